The van der Waals surface area contributed by atoms with E-state index in [2.05, 4.69) is 17.3 Å². The van der Waals surface area contributed by atoms with E-state index in [-0.39, 0.29) is 12.1 Å². The van der Waals surface area contributed by atoms with E-state index in [1.807, 2.05) is 6.26 Å². The molecule has 1 heterocycles. The molecule has 1 amide bonds. The Morgan fingerprint density at radius 1 is 1.77 bits per heavy atom. The molecular formula is C8H15N3OS. The molecule has 1 N–H and O–H groups in total. The Balaban J connectivity index is 2.49. The van der Waals surface area contributed by atoms with Crippen LogP contribution in [0.15, 0.2) is 4.99 Å². The predicted octanol–water partition coefficient (Wildman–Crippen LogP) is 1.20. The van der Waals surface area contributed by atoms with Gasteiger partial charge in [-0.25, -0.2) is 0 Å². The Hall–Kier alpha value is -0.550. The monoisotopic (exact) mass is 201 g/mol. The van der Waals surface area contributed by atoms with Gasteiger partial charge in [-0.15, -0.1) is 4.41 Å². The van der Waals surface area contributed by atoms with Gasteiger partial charge in [0, 0.05) is 0 Å². The molecule has 1 unspecified atom stereocenters. The maximum Gasteiger partial charge on any atom is 0.277 e. The lowest BCUT2D eigenvalue weighted by Gasteiger charge is -2.28. The molecule has 1 aliphatic rings. The number of rotatable bonds is 4. The lowest BCUT2D eigenvalue weighted by atomic mass is 10.2. The molecule has 0 saturated carbocycles. The number of hydrazine groups is 1. The van der Waals surface area contributed by atoms with Crippen molar-refractivity contribution in [2.24, 2.45) is 4.99 Å². The Morgan fingerprint density at radius 3 is 3.15 bits per heavy atom. The van der Waals surface area contributed by atoms with Crippen LogP contribution >= 0.6 is 11.9 Å². The van der Waals surface area contributed by atoms with E-state index in [0.29, 0.717) is 0 Å². The normalized spacial score (nSPS) is 23.2. The maximum absolute atomic E-state index is 10.9. The molecule has 0 aromatic heterocycles. The topological polar surface area (TPSA) is 44.7 Å². The molecule has 0 aromatic carbocycles. The number of carbonyl (C=O) groups is 1. The summed E-state index contributed by atoms with van der Waals surface area (Å²) in [6.45, 7) is 2.15. The molecule has 0 saturated heterocycles. The van der Waals surface area contributed by atoms with Crippen LogP contribution < -0.4 is 5.43 Å². The Bertz CT molecular complexity index is 208. The second-order valence-electron chi connectivity index (χ2n) is 2.89. The van der Waals surface area contributed by atoms with Crippen molar-refractivity contribution in [2.75, 3.05) is 6.26 Å². The smallest absolute Gasteiger partial charge is 0.272 e. The van der Waals surface area contributed by atoms with Crippen LogP contribution in [0.2, 0.25) is 0 Å². The van der Waals surface area contributed by atoms with E-state index in [4.69, 9.17) is 0 Å². The third-order valence-electron chi connectivity index (χ3n) is 1.87. The highest BCUT2D eigenvalue weighted by molar-refractivity contribution is 7.96. The van der Waals surface area contributed by atoms with Crippen LogP contribution in [0.4, 0.5) is 0 Å². The number of unbranched alkanes of at least 4 members (excludes halogenated alkanes) is 1. The quantitative estimate of drug-likeness (QED) is 0.695. The lowest BCUT2D eigenvalue weighted by Crippen LogP contribution is -2.47. The highest BCUT2D eigenvalue weighted by Gasteiger charge is 2.21. The van der Waals surface area contributed by atoms with Crippen LogP contribution in [0.25, 0.3) is 0 Å². The van der Waals surface area contributed by atoms with E-state index in [1.165, 1.54) is 18.2 Å². The first-order valence-corrected chi connectivity index (χ1v) is 5.63. The lowest BCUT2D eigenvalue weighted by molar-refractivity contribution is -0.118. The van der Waals surface area contributed by atoms with Crippen molar-refractivity contribution in [1.82, 2.24) is 9.84 Å². The molecule has 1 aliphatic heterocycles. The molecule has 0 spiro atoms. The zero-order valence-corrected chi connectivity index (χ0v) is 8.80. The number of hydrogen-bond donors (Lipinski definition) is 1. The average Bonchev–Trinajstić information content (AvgIpc) is 2.16. The highest BCUT2D eigenvalue weighted by atomic mass is 32.2. The summed E-state index contributed by atoms with van der Waals surface area (Å²) in [5, 5.41) is 0. The summed E-state index contributed by atoms with van der Waals surface area (Å²) in [5.74, 6) is -0.137. The largest absolute Gasteiger partial charge is 0.277 e. The molecule has 74 valence electrons. The van der Waals surface area contributed by atoms with Crippen molar-refractivity contribution in [1.29, 1.82) is 0 Å². The molecule has 1 atom stereocenters. The van der Waals surface area contributed by atoms with Gasteiger partial charge in [0.1, 0.15) is 6.17 Å². The van der Waals surface area contributed by atoms with Crippen molar-refractivity contribution in [3.63, 3.8) is 0 Å². The number of aliphatic imine (C=N–C) groups is 1. The summed E-state index contributed by atoms with van der Waals surface area (Å²) in [6, 6.07) is 0. The van der Waals surface area contributed by atoms with Gasteiger partial charge in [0.05, 0.1) is 6.21 Å². The first kappa shape index (κ1) is 10.5. The third-order valence-corrected chi connectivity index (χ3v) is 2.60. The number of nitrogens with zero attached hydrogens (tertiary/aromatic N) is 2. The minimum Gasteiger partial charge on any atom is -0.272 e. The van der Waals surface area contributed by atoms with Crippen molar-refractivity contribution in [2.45, 2.75) is 32.4 Å². The molecule has 0 aromatic rings. The predicted molar refractivity (Wildman–Crippen MR) is 55.3 cm³/mol. The minimum atomic E-state index is -0.137. The van der Waals surface area contributed by atoms with Crippen LogP contribution in [-0.2, 0) is 4.79 Å². The number of hydrogen-bond acceptors (Lipinski definition) is 4. The summed E-state index contributed by atoms with van der Waals surface area (Å²) in [4.78, 5) is 15.1. The maximum atomic E-state index is 10.9. The molecule has 0 radical (unpaired) electrons. The minimum absolute atomic E-state index is 0.104. The average molecular weight is 201 g/mol. The molecule has 5 heteroatoms. The fourth-order valence-electron chi connectivity index (χ4n) is 1.17. The standard InChI is InChI=1S/C8H15N3OS/c1-3-4-5-7-9-6-8(12)10-11(7)13-2/h6-7H,3-5H2,1-2H3,(H,10,12). The van der Waals surface area contributed by atoms with E-state index in [1.54, 1.807) is 4.41 Å². The van der Waals surface area contributed by atoms with Crippen molar-refractivity contribution < 1.29 is 4.79 Å². The van der Waals surface area contributed by atoms with Gasteiger partial charge in [-0.1, -0.05) is 31.7 Å². The summed E-state index contributed by atoms with van der Waals surface area (Å²) in [7, 11) is 0. The Kier molecular flexibility index (Phi) is 4.24. The molecule has 1 rings (SSSR count). The van der Waals surface area contributed by atoms with Gasteiger partial charge in [-0.2, -0.15) is 0 Å². The van der Waals surface area contributed by atoms with Gasteiger partial charge in [-0.3, -0.25) is 15.2 Å². The van der Waals surface area contributed by atoms with Crippen molar-refractivity contribution in [3.05, 3.63) is 0 Å². The fourth-order valence-corrected chi connectivity index (χ4v) is 1.76. The van der Waals surface area contributed by atoms with Crippen LogP contribution in [0.1, 0.15) is 26.2 Å². The van der Waals surface area contributed by atoms with E-state index >= 15 is 0 Å². The van der Waals surface area contributed by atoms with Gasteiger partial charge in [0.2, 0.25) is 0 Å². The zero-order chi connectivity index (χ0) is 9.68. The summed E-state index contributed by atoms with van der Waals surface area (Å²) in [6.07, 6.45) is 6.69. The summed E-state index contributed by atoms with van der Waals surface area (Å²) >= 11 is 1.50. The van der Waals surface area contributed by atoms with Crippen molar-refractivity contribution in [3.8, 4) is 0 Å². The van der Waals surface area contributed by atoms with Gasteiger partial charge in [0.15, 0.2) is 0 Å². The Morgan fingerprint density at radius 2 is 2.54 bits per heavy atom. The van der Waals surface area contributed by atoms with Gasteiger partial charge in [0.25, 0.3) is 5.91 Å². The van der Waals surface area contributed by atoms with Gasteiger partial charge >= 0.3 is 0 Å². The van der Waals surface area contributed by atoms with Crippen LogP contribution in [0.3, 0.4) is 0 Å². The molecular weight excluding hydrogens is 186 g/mol. The van der Waals surface area contributed by atoms with Crippen molar-refractivity contribution >= 4 is 24.1 Å². The third kappa shape index (κ3) is 3.00. The van der Waals surface area contributed by atoms with Crippen LogP contribution in [-0.4, -0.2) is 29.0 Å². The second-order valence-corrected chi connectivity index (χ2v) is 3.64. The molecule has 0 fully saturated rings. The number of carbonyl (C=O) groups excluding carboxylic acids is 1. The molecule has 0 bridgehead atoms. The number of nitrogens with one attached hydrogen (secondary N) is 1. The number of amides is 1. The Labute approximate surface area is 82.9 Å². The summed E-state index contributed by atoms with van der Waals surface area (Å²) < 4.78 is 1.80. The first-order valence-electron chi connectivity index (χ1n) is 4.45. The molecule has 0 aliphatic carbocycles. The van der Waals surface area contributed by atoms with Crippen LogP contribution in [0.5, 0.6) is 0 Å². The molecule has 4 nitrogen and oxygen atoms in total. The van der Waals surface area contributed by atoms with E-state index in [9.17, 15) is 4.79 Å². The van der Waals surface area contributed by atoms with E-state index in [0.717, 1.165) is 19.3 Å². The van der Waals surface area contributed by atoms with Gasteiger partial charge in [-0.05, 0) is 12.7 Å². The second kappa shape index (κ2) is 5.24. The molecule has 13 heavy (non-hydrogen) atoms. The highest BCUT2D eigenvalue weighted by Crippen LogP contribution is 2.16. The van der Waals surface area contributed by atoms with Crippen LogP contribution in [0, 0.1) is 0 Å². The summed E-state index contributed by atoms with van der Waals surface area (Å²) in [5.41, 5.74) is 2.73. The SMILES string of the molecule is CCCCC1N=CC(=O)NN1SC. The van der Waals surface area contributed by atoms with Gasteiger partial charge < -0.3 is 0 Å². The van der Waals surface area contributed by atoms with E-state index < -0.39 is 0 Å². The first-order chi connectivity index (χ1) is 6.27. The zero-order valence-electron chi connectivity index (χ0n) is 7.99. The fraction of sp³-hybridized carbons (Fsp3) is 0.750.